The lowest BCUT2D eigenvalue weighted by atomic mass is 10.0. The second-order valence-electron chi connectivity index (χ2n) is 22.2. The zero-order valence-corrected chi connectivity index (χ0v) is 52.9. The van der Waals surface area contributed by atoms with Gasteiger partial charge in [-0.3, -0.25) is 52.9 Å². The maximum atomic E-state index is 14.9. The number of hydrogen-bond acceptors (Lipinski definition) is 17. The minimum atomic E-state index is -1.78. The molecule has 0 spiro atoms. The van der Waals surface area contributed by atoms with Crippen molar-refractivity contribution in [2.75, 3.05) is 18.1 Å². The molecular formula is C64H78N14O14S2. The van der Waals surface area contributed by atoms with Gasteiger partial charge < -0.3 is 86.1 Å². The average Bonchev–Trinajstić information content (AvgIpc) is 0.943. The molecule has 1 fully saturated rings. The number of benzene rings is 5. The number of rotatable bonds is 21. The molecule has 6 rings (SSSR count). The number of carbonyl (C=O) groups excluding carboxylic acids is 10. The van der Waals surface area contributed by atoms with Gasteiger partial charge in [0.25, 0.3) is 0 Å². The Kier molecular flexibility index (Phi) is 28.5. The summed E-state index contributed by atoms with van der Waals surface area (Å²) in [5, 5.41) is 53.6. The molecule has 0 aliphatic carbocycles. The number of phenols is 2. The first kappa shape index (κ1) is 72.9. The quantitative estimate of drug-likeness (QED) is 0.0176. The molecule has 0 saturated carbocycles. The van der Waals surface area contributed by atoms with Crippen LogP contribution in [0.15, 0.2) is 145 Å². The molecule has 1 saturated heterocycles. The summed E-state index contributed by atoms with van der Waals surface area (Å²) >= 11 is 0. The fourth-order valence-corrected chi connectivity index (χ4v) is 11.9. The van der Waals surface area contributed by atoms with E-state index in [-0.39, 0.29) is 80.5 Å². The lowest BCUT2D eigenvalue weighted by Crippen LogP contribution is -2.61. The number of aliphatic imine (C=N–C) groups is 1. The van der Waals surface area contributed by atoms with Gasteiger partial charge in [-0.1, -0.05) is 137 Å². The largest absolute Gasteiger partial charge is 0.508 e. The van der Waals surface area contributed by atoms with E-state index in [0.29, 0.717) is 27.8 Å². The van der Waals surface area contributed by atoms with Crippen LogP contribution in [0.2, 0.25) is 0 Å². The van der Waals surface area contributed by atoms with E-state index < -0.39 is 132 Å². The van der Waals surface area contributed by atoms with Crippen LogP contribution in [0.4, 0.5) is 0 Å². The van der Waals surface area contributed by atoms with E-state index in [1.807, 2.05) is 0 Å². The van der Waals surface area contributed by atoms with Crippen LogP contribution in [0.3, 0.4) is 0 Å². The Balaban J connectivity index is 1.44. The van der Waals surface area contributed by atoms with Crippen molar-refractivity contribution in [1.82, 2.24) is 47.9 Å². The second-order valence-corrected chi connectivity index (χ2v) is 24.7. The molecule has 5 aromatic rings. The molecule has 1 aliphatic heterocycles. The van der Waals surface area contributed by atoms with E-state index in [4.69, 9.17) is 22.9 Å². The molecule has 94 heavy (non-hydrogen) atoms. The molecular weight excluding hydrogens is 1250 g/mol. The lowest BCUT2D eigenvalue weighted by Gasteiger charge is -2.28. The van der Waals surface area contributed by atoms with Crippen LogP contribution < -0.4 is 70.8 Å². The number of aromatic hydroxyl groups is 2. The Morgan fingerprint density at radius 3 is 1.44 bits per heavy atom. The summed E-state index contributed by atoms with van der Waals surface area (Å²) in [6.07, 6.45) is -1.89. The molecule has 0 unspecified atom stereocenters. The van der Waals surface area contributed by atoms with E-state index in [1.54, 1.807) is 103 Å². The zero-order chi connectivity index (χ0) is 68.3. The van der Waals surface area contributed by atoms with Crippen molar-refractivity contribution in [3.05, 3.63) is 167 Å². The highest BCUT2D eigenvalue weighted by Gasteiger charge is 2.37. The lowest BCUT2D eigenvalue weighted by molar-refractivity contribution is -0.142. The first-order valence-corrected chi connectivity index (χ1v) is 32.4. The molecule has 30 heteroatoms. The number of carboxylic acids is 1. The maximum Gasteiger partial charge on any atom is 0.326 e. The Morgan fingerprint density at radius 1 is 0.532 bits per heavy atom. The van der Waals surface area contributed by atoms with Crippen LogP contribution in [0.25, 0.3) is 0 Å². The molecule has 1 aliphatic rings. The van der Waals surface area contributed by atoms with Crippen LogP contribution >= 0.6 is 21.6 Å². The van der Waals surface area contributed by atoms with Crippen molar-refractivity contribution >= 4 is 92.6 Å². The molecule has 28 nitrogen and oxygen atoms in total. The van der Waals surface area contributed by atoms with Crippen molar-refractivity contribution in [2.45, 2.75) is 119 Å². The Hall–Kier alpha value is -10.2. The second kappa shape index (κ2) is 36.7. The SMILES string of the molecule is C[C@@H]1NC(=O)[C@@H](CC(N)=O)NC(=O)[C@H](Cc2ccccc2)NC(=O)[C@@H](Cc2ccccc2)NC(=O)[C@H](CCCN=C(N)N)NC(=O)[C@@H](NC(=O)[C@@H](N)Cc2ccc(O)cc2)CSSC[C@H](C(=O)N[C@@H](Cc2ccc(O)cc2)C(=O)O)NC(=O)[C@@H](Cc2ccccc2)NC1=O. The van der Waals surface area contributed by atoms with Crippen LogP contribution in [0.5, 0.6) is 11.5 Å². The number of hydrogen-bond donors (Lipinski definition) is 16. The summed E-state index contributed by atoms with van der Waals surface area (Å²) in [4.78, 5) is 160. The van der Waals surface area contributed by atoms with Crippen molar-refractivity contribution < 1.29 is 68.1 Å². The summed E-state index contributed by atoms with van der Waals surface area (Å²) < 4.78 is 0. The number of aliphatic carboxylic acids is 1. The number of amides is 10. The first-order chi connectivity index (χ1) is 44.9. The van der Waals surface area contributed by atoms with E-state index in [9.17, 15) is 68.1 Å². The normalized spacial score (nSPS) is 21.3. The monoisotopic (exact) mass is 1330 g/mol. The number of nitrogens with zero attached hydrogens (tertiary/aromatic N) is 1. The Morgan fingerprint density at radius 2 is 0.957 bits per heavy atom. The summed E-state index contributed by atoms with van der Waals surface area (Å²) in [6.45, 7) is 1.22. The molecule has 0 bridgehead atoms. The summed E-state index contributed by atoms with van der Waals surface area (Å²) in [7, 11) is 1.80. The number of guanidine groups is 1. The van der Waals surface area contributed by atoms with Crippen molar-refractivity contribution in [3.8, 4) is 11.5 Å². The predicted octanol–water partition coefficient (Wildman–Crippen LogP) is -1.27. The predicted molar refractivity (Wildman–Crippen MR) is 351 cm³/mol. The van der Waals surface area contributed by atoms with Gasteiger partial charge in [0, 0.05) is 43.7 Å². The van der Waals surface area contributed by atoms with Crippen LogP contribution in [-0.4, -0.2) is 165 Å². The summed E-state index contributed by atoms with van der Waals surface area (Å²) in [5.41, 5.74) is 25.8. The fraction of sp³-hybridized carbons (Fsp3) is 0.344. The molecule has 0 radical (unpaired) electrons. The van der Waals surface area contributed by atoms with Crippen LogP contribution in [0.1, 0.15) is 54.0 Å². The number of carboxylic acid groups (broad SMARTS) is 1. The molecule has 500 valence electrons. The van der Waals surface area contributed by atoms with Gasteiger partial charge in [-0.2, -0.15) is 0 Å². The van der Waals surface area contributed by atoms with Gasteiger partial charge in [-0.05, 0) is 78.3 Å². The smallest absolute Gasteiger partial charge is 0.326 e. The van der Waals surface area contributed by atoms with Gasteiger partial charge in [0.1, 0.15) is 65.9 Å². The number of nitrogens with two attached hydrogens (primary N) is 4. The van der Waals surface area contributed by atoms with Gasteiger partial charge in [0.05, 0.1) is 12.5 Å². The van der Waals surface area contributed by atoms with Crippen LogP contribution in [-0.2, 0) is 84.8 Å². The van der Waals surface area contributed by atoms with E-state index >= 15 is 0 Å². The minimum Gasteiger partial charge on any atom is -0.508 e. The number of primary amides is 1. The number of phenolic OH excluding ortho intramolecular Hbond substituents is 2. The topological polar surface area (TPSA) is 473 Å². The third-order valence-corrected chi connectivity index (χ3v) is 17.1. The Bertz CT molecular complexity index is 3450. The zero-order valence-electron chi connectivity index (χ0n) is 51.2. The standard InChI is InChI=1S/C64H78N14O14S2/c1-36-54(82)72-46(29-37-12-5-2-6-13-37)60(88)78-52(62(90)76-50(63(91)92)32-41-21-25-43(80)26-22-41)35-94-93-34-51(77-55(83)44(65)28-40-19-23-42(79)24-20-40)61(89)71-45(18-11-27-69-64(67)68)56(84)73-47(30-38-14-7-3-8-15-38)58(86)74-48(31-39-16-9-4-10-17-39)59(87)75-49(33-53(66)81)57(85)70-36/h2-10,12-17,19-26,36,44-52,79-80H,11,18,27-35,65H2,1H3,(H2,66,81)(H,70,85)(H,71,89)(H,72,82)(H,73,84)(H,74,86)(H,75,87)(H,76,90)(H,77,83)(H,78,88)(H,91,92)(H4,67,68,69)/t36-,44-,45-,46+,47+,48-,49+,50-,51-,52+/m0/s1. The van der Waals surface area contributed by atoms with Gasteiger partial charge in [0.15, 0.2) is 5.96 Å². The van der Waals surface area contributed by atoms with Crippen molar-refractivity contribution in [1.29, 1.82) is 0 Å². The fourth-order valence-electron chi connectivity index (χ4n) is 9.59. The highest BCUT2D eigenvalue weighted by Crippen LogP contribution is 2.24. The third-order valence-electron chi connectivity index (χ3n) is 14.7. The van der Waals surface area contributed by atoms with Gasteiger partial charge in [-0.25, -0.2) is 4.79 Å². The first-order valence-electron chi connectivity index (χ1n) is 29.9. The molecule has 10 atom stereocenters. The van der Waals surface area contributed by atoms with Crippen molar-refractivity contribution in [2.24, 2.45) is 27.9 Å². The highest BCUT2D eigenvalue weighted by molar-refractivity contribution is 8.76. The van der Waals surface area contributed by atoms with Crippen molar-refractivity contribution in [3.63, 3.8) is 0 Å². The number of carbonyl (C=O) groups is 11. The van der Waals surface area contributed by atoms with Gasteiger partial charge in [0.2, 0.25) is 59.1 Å². The highest BCUT2D eigenvalue weighted by atomic mass is 33.1. The third kappa shape index (κ3) is 24.4. The summed E-state index contributed by atoms with van der Waals surface area (Å²) in [5.74, 6) is -12.3. The van der Waals surface area contributed by atoms with E-state index in [1.165, 1.54) is 43.3 Å². The minimum absolute atomic E-state index is 0.0344. The molecule has 1 heterocycles. The van der Waals surface area contributed by atoms with E-state index in [2.05, 4.69) is 52.8 Å². The van der Waals surface area contributed by atoms with Gasteiger partial charge >= 0.3 is 5.97 Å². The molecule has 20 N–H and O–H groups in total. The maximum absolute atomic E-state index is 14.9. The Labute approximate surface area is 549 Å². The van der Waals surface area contributed by atoms with Crippen LogP contribution in [0, 0.1) is 0 Å². The molecule has 10 amide bonds. The average molecular weight is 1330 g/mol. The number of nitrogens with one attached hydrogen (secondary N) is 9. The molecule has 5 aromatic carbocycles. The van der Waals surface area contributed by atoms with Gasteiger partial charge in [-0.15, -0.1) is 0 Å². The van der Waals surface area contributed by atoms with E-state index in [0.717, 1.165) is 21.6 Å². The summed E-state index contributed by atoms with van der Waals surface area (Å²) in [6, 6.07) is 21.2. The molecule has 0 aromatic heterocycles.